The summed E-state index contributed by atoms with van der Waals surface area (Å²) < 4.78 is 39.4. The van der Waals surface area contributed by atoms with E-state index in [4.69, 9.17) is 5.84 Å². The van der Waals surface area contributed by atoms with Crippen LogP contribution in [-0.4, -0.2) is 0 Å². The number of halogens is 4. The van der Waals surface area contributed by atoms with Crippen molar-refractivity contribution in [3.63, 3.8) is 0 Å². The number of rotatable bonds is 6. The molecule has 1 atom stereocenters. The number of hydrogen-bond donors (Lipinski definition) is 2. The monoisotopic (exact) mass is 336 g/mol. The second kappa shape index (κ2) is 7.07. The Hall–Kier alpha value is -0.850. The Bertz CT molecular complexity index is 432. The zero-order chi connectivity index (χ0) is 14.5. The number of hydrazine groups is 1. The summed E-state index contributed by atoms with van der Waals surface area (Å²) in [5.74, 6) is 5.38. The first kappa shape index (κ1) is 16.2. The van der Waals surface area contributed by atoms with Crippen molar-refractivity contribution in [3.8, 4) is 0 Å². The number of benzene rings is 1. The van der Waals surface area contributed by atoms with Gasteiger partial charge in [-0.05, 0) is 37.0 Å². The highest BCUT2D eigenvalue weighted by Crippen LogP contribution is 2.37. The number of unbranched alkanes of at least 4 members (excludes halogenated alkanes) is 1. The Labute approximate surface area is 119 Å². The van der Waals surface area contributed by atoms with E-state index in [0.717, 1.165) is 18.9 Å². The normalized spacial score (nSPS) is 13.3. The van der Waals surface area contributed by atoms with Gasteiger partial charge < -0.3 is 0 Å². The summed E-state index contributed by atoms with van der Waals surface area (Å²) in [5.41, 5.74) is 1.96. The van der Waals surface area contributed by atoms with Gasteiger partial charge in [0.2, 0.25) is 0 Å². The van der Waals surface area contributed by atoms with Gasteiger partial charge in [0.1, 0.15) is 0 Å². The van der Waals surface area contributed by atoms with Crippen LogP contribution in [0.15, 0.2) is 35.3 Å². The van der Waals surface area contributed by atoms with Crippen LogP contribution < -0.4 is 11.3 Å². The number of nitrogens with one attached hydrogen (secondary N) is 1. The van der Waals surface area contributed by atoms with Crippen molar-refractivity contribution < 1.29 is 13.2 Å². The summed E-state index contributed by atoms with van der Waals surface area (Å²) in [7, 11) is 0. The molecule has 0 heterocycles. The van der Waals surface area contributed by atoms with Crippen LogP contribution in [0.25, 0.3) is 0 Å². The lowest BCUT2D eigenvalue weighted by molar-refractivity contribution is -0.138. The molecule has 0 aliphatic rings. The van der Waals surface area contributed by atoms with E-state index in [1.54, 1.807) is 12.1 Å². The Balaban J connectivity index is 3.05. The minimum Gasteiger partial charge on any atom is -0.271 e. The second-order valence-electron chi connectivity index (χ2n) is 4.17. The molecule has 0 spiro atoms. The summed E-state index contributed by atoms with van der Waals surface area (Å²) in [6, 6.07) is 3.59. The number of nitrogens with two attached hydrogens (primary N) is 1. The van der Waals surface area contributed by atoms with Gasteiger partial charge in [-0.3, -0.25) is 11.3 Å². The molecular weight excluding hydrogens is 321 g/mol. The molecule has 0 bridgehead atoms. The van der Waals surface area contributed by atoms with E-state index < -0.39 is 17.8 Å². The maximum atomic E-state index is 13.0. The fraction of sp³-hybridized carbons (Fsp3) is 0.385. The van der Waals surface area contributed by atoms with Crippen molar-refractivity contribution in [2.75, 3.05) is 0 Å². The molecule has 19 heavy (non-hydrogen) atoms. The van der Waals surface area contributed by atoms with E-state index in [0.29, 0.717) is 10.9 Å². The van der Waals surface area contributed by atoms with Gasteiger partial charge in [-0.25, -0.2) is 0 Å². The molecule has 0 aliphatic heterocycles. The standard InChI is InChI=1S/C13H16BrF3N2/c1-2-3-4-5-12(19-18)10-7-6-9(14)8-11(10)13(15,16)17/h2,6-8,12,19H,1,3-5,18H2. The van der Waals surface area contributed by atoms with Gasteiger partial charge in [-0.15, -0.1) is 6.58 Å². The molecule has 0 radical (unpaired) electrons. The lowest BCUT2D eigenvalue weighted by atomic mass is 9.96. The van der Waals surface area contributed by atoms with Gasteiger partial charge in [0.25, 0.3) is 0 Å². The molecule has 0 saturated carbocycles. The fourth-order valence-corrected chi connectivity index (χ4v) is 2.23. The van der Waals surface area contributed by atoms with Gasteiger partial charge in [0.15, 0.2) is 0 Å². The maximum Gasteiger partial charge on any atom is 0.416 e. The molecule has 0 fully saturated rings. The predicted molar refractivity (Wildman–Crippen MR) is 73.3 cm³/mol. The number of allylic oxidation sites excluding steroid dienone is 1. The highest BCUT2D eigenvalue weighted by atomic mass is 79.9. The zero-order valence-corrected chi connectivity index (χ0v) is 11.9. The molecule has 0 saturated heterocycles. The minimum absolute atomic E-state index is 0.169. The Morgan fingerprint density at radius 1 is 1.42 bits per heavy atom. The Kier molecular flexibility index (Phi) is 6.03. The predicted octanol–water partition coefficient (Wildman–Crippen LogP) is 4.33. The smallest absolute Gasteiger partial charge is 0.271 e. The van der Waals surface area contributed by atoms with Crippen LogP contribution in [0, 0.1) is 0 Å². The van der Waals surface area contributed by atoms with Crippen molar-refractivity contribution in [2.24, 2.45) is 5.84 Å². The van der Waals surface area contributed by atoms with Crippen molar-refractivity contribution in [1.82, 2.24) is 5.43 Å². The average molecular weight is 337 g/mol. The Morgan fingerprint density at radius 2 is 2.11 bits per heavy atom. The average Bonchev–Trinajstić information content (AvgIpc) is 2.34. The third kappa shape index (κ3) is 4.63. The molecule has 2 nitrogen and oxygen atoms in total. The van der Waals surface area contributed by atoms with Gasteiger partial charge in [-0.2, -0.15) is 13.2 Å². The van der Waals surface area contributed by atoms with Crippen molar-refractivity contribution in [3.05, 3.63) is 46.5 Å². The van der Waals surface area contributed by atoms with Gasteiger partial charge in [0, 0.05) is 10.5 Å². The summed E-state index contributed by atoms with van der Waals surface area (Å²) in [6.45, 7) is 3.59. The molecule has 3 N–H and O–H groups in total. The lowest BCUT2D eigenvalue weighted by Crippen LogP contribution is -2.29. The van der Waals surface area contributed by atoms with Crippen LogP contribution in [0.5, 0.6) is 0 Å². The first-order valence-electron chi connectivity index (χ1n) is 5.83. The Morgan fingerprint density at radius 3 is 2.63 bits per heavy atom. The van der Waals surface area contributed by atoms with Gasteiger partial charge >= 0.3 is 6.18 Å². The quantitative estimate of drug-likeness (QED) is 0.351. The zero-order valence-electron chi connectivity index (χ0n) is 10.3. The molecule has 1 unspecified atom stereocenters. The summed E-state index contributed by atoms with van der Waals surface area (Å²) in [5, 5.41) is 0. The van der Waals surface area contributed by atoms with E-state index in [2.05, 4.69) is 27.9 Å². The summed E-state index contributed by atoms with van der Waals surface area (Å²) >= 11 is 3.06. The molecule has 1 aromatic carbocycles. The number of alkyl halides is 3. The third-order valence-corrected chi connectivity index (χ3v) is 3.29. The molecule has 0 aliphatic carbocycles. The molecule has 6 heteroatoms. The van der Waals surface area contributed by atoms with Crippen LogP contribution in [0.3, 0.4) is 0 Å². The van der Waals surface area contributed by atoms with E-state index in [-0.39, 0.29) is 5.56 Å². The number of hydrogen-bond acceptors (Lipinski definition) is 2. The summed E-state index contributed by atoms with van der Waals surface area (Å²) in [6.07, 6.45) is -0.665. The van der Waals surface area contributed by atoms with Crippen LogP contribution in [0.2, 0.25) is 0 Å². The summed E-state index contributed by atoms with van der Waals surface area (Å²) in [4.78, 5) is 0. The molecule has 106 valence electrons. The van der Waals surface area contributed by atoms with Crippen LogP contribution in [0.1, 0.15) is 36.4 Å². The van der Waals surface area contributed by atoms with Crippen LogP contribution in [0.4, 0.5) is 13.2 Å². The second-order valence-corrected chi connectivity index (χ2v) is 5.08. The highest BCUT2D eigenvalue weighted by Gasteiger charge is 2.35. The first-order chi connectivity index (χ1) is 8.90. The van der Waals surface area contributed by atoms with Crippen molar-refractivity contribution in [2.45, 2.75) is 31.5 Å². The molecule has 1 aromatic rings. The lowest BCUT2D eigenvalue weighted by Gasteiger charge is -2.21. The molecular formula is C13H16BrF3N2. The van der Waals surface area contributed by atoms with E-state index in [1.165, 1.54) is 6.07 Å². The first-order valence-corrected chi connectivity index (χ1v) is 6.63. The van der Waals surface area contributed by atoms with Gasteiger partial charge in [0.05, 0.1) is 5.56 Å². The van der Waals surface area contributed by atoms with E-state index in [9.17, 15) is 13.2 Å². The molecule has 0 aromatic heterocycles. The topological polar surface area (TPSA) is 38.0 Å². The molecule has 1 rings (SSSR count). The van der Waals surface area contributed by atoms with Gasteiger partial charge in [-0.1, -0.05) is 28.1 Å². The highest BCUT2D eigenvalue weighted by molar-refractivity contribution is 9.10. The molecule has 0 amide bonds. The van der Waals surface area contributed by atoms with Crippen molar-refractivity contribution in [1.29, 1.82) is 0 Å². The van der Waals surface area contributed by atoms with E-state index in [1.807, 2.05) is 0 Å². The SMILES string of the molecule is C=CCCCC(NN)c1ccc(Br)cc1C(F)(F)F. The largest absolute Gasteiger partial charge is 0.416 e. The van der Waals surface area contributed by atoms with E-state index >= 15 is 0 Å². The maximum absolute atomic E-state index is 13.0. The van der Waals surface area contributed by atoms with Crippen LogP contribution in [-0.2, 0) is 6.18 Å². The minimum atomic E-state index is -4.40. The fourth-order valence-electron chi connectivity index (χ4n) is 1.87. The van der Waals surface area contributed by atoms with Crippen molar-refractivity contribution >= 4 is 15.9 Å². The van der Waals surface area contributed by atoms with Crippen LogP contribution >= 0.6 is 15.9 Å². The third-order valence-electron chi connectivity index (χ3n) is 2.80.